The highest BCUT2D eigenvalue weighted by molar-refractivity contribution is 6.33. The molecule has 0 aliphatic rings. The van der Waals surface area contributed by atoms with Crippen LogP contribution in [0.4, 0.5) is 17.1 Å². The van der Waals surface area contributed by atoms with E-state index in [-0.39, 0.29) is 18.4 Å². The number of amides is 2. The fourth-order valence-corrected chi connectivity index (χ4v) is 2.15. The topological polar surface area (TPSA) is 70.2 Å². The third-order valence-electron chi connectivity index (χ3n) is 3.40. The van der Waals surface area contributed by atoms with Crippen LogP contribution in [0.5, 0.6) is 0 Å². The average Bonchev–Trinajstić information content (AvgIpc) is 2.55. The number of nitrogens with one attached hydrogen (secondary N) is 3. The highest BCUT2D eigenvalue weighted by atomic mass is 35.5. The van der Waals surface area contributed by atoms with Crippen LogP contribution in [0.2, 0.25) is 5.02 Å². The van der Waals surface area contributed by atoms with Gasteiger partial charge in [-0.2, -0.15) is 0 Å². The fourth-order valence-electron chi connectivity index (χ4n) is 1.96. The molecular formula is C19H22ClN3O2. The standard InChI is InChI=1S/C19H22ClN3O2/c1-19(2,3)18(25)22-14-8-6-7-13(11-14)21-12-17(24)23-16-10-5-4-9-15(16)20/h4-11,21H,12H2,1-3H3,(H,22,25)(H,23,24). The smallest absolute Gasteiger partial charge is 0.243 e. The monoisotopic (exact) mass is 359 g/mol. The van der Waals surface area contributed by atoms with E-state index in [1.165, 1.54) is 0 Å². The second-order valence-electron chi connectivity index (χ2n) is 6.67. The van der Waals surface area contributed by atoms with Gasteiger partial charge >= 0.3 is 0 Å². The first-order valence-corrected chi connectivity index (χ1v) is 8.33. The molecule has 0 saturated heterocycles. The van der Waals surface area contributed by atoms with Gasteiger partial charge in [0, 0.05) is 16.8 Å². The summed E-state index contributed by atoms with van der Waals surface area (Å²) in [6.45, 7) is 5.64. The van der Waals surface area contributed by atoms with Crippen molar-refractivity contribution in [3.8, 4) is 0 Å². The predicted molar refractivity (Wildman–Crippen MR) is 103 cm³/mol. The van der Waals surface area contributed by atoms with Crippen molar-refractivity contribution in [1.82, 2.24) is 0 Å². The van der Waals surface area contributed by atoms with E-state index in [2.05, 4.69) is 16.0 Å². The summed E-state index contributed by atoms with van der Waals surface area (Å²) >= 11 is 6.02. The molecule has 0 aliphatic carbocycles. The summed E-state index contributed by atoms with van der Waals surface area (Å²) in [5, 5.41) is 9.12. The van der Waals surface area contributed by atoms with Crippen LogP contribution in [0.15, 0.2) is 48.5 Å². The number of halogens is 1. The van der Waals surface area contributed by atoms with Gasteiger partial charge in [-0.25, -0.2) is 0 Å². The van der Waals surface area contributed by atoms with E-state index < -0.39 is 5.41 Å². The Kier molecular flexibility index (Phi) is 6.04. The second-order valence-corrected chi connectivity index (χ2v) is 7.07. The average molecular weight is 360 g/mol. The summed E-state index contributed by atoms with van der Waals surface area (Å²) in [5.74, 6) is -0.279. The number of carbonyl (C=O) groups is 2. The van der Waals surface area contributed by atoms with Gasteiger partial charge in [-0.15, -0.1) is 0 Å². The summed E-state index contributed by atoms with van der Waals surface area (Å²) in [4.78, 5) is 24.1. The molecular weight excluding hydrogens is 338 g/mol. The van der Waals surface area contributed by atoms with E-state index in [1.54, 1.807) is 36.4 Å². The van der Waals surface area contributed by atoms with Crippen molar-refractivity contribution in [2.75, 3.05) is 22.5 Å². The molecule has 2 rings (SSSR count). The van der Waals surface area contributed by atoms with E-state index in [0.29, 0.717) is 16.4 Å². The Labute approximate surface area is 152 Å². The summed E-state index contributed by atoms with van der Waals surface area (Å²) in [5.41, 5.74) is 1.51. The number of hydrogen-bond donors (Lipinski definition) is 3. The number of para-hydroxylation sites is 1. The van der Waals surface area contributed by atoms with Gasteiger partial charge in [0.2, 0.25) is 11.8 Å². The predicted octanol–water partition coefficient (Wildman–Crippen LogP) is 4.38. The molecule has 0 aliphatic heterocycles. The summed E-state index contributed by atoms with van der Waals surface area (Å²) in [7, 11) is 0. The van der Waals surface area contributed by atoms with Gasteiger partial charge in [-0.1, -0.05) is 50.6 Å². The molecule has 6 heteroatoms. The van der Waals surface area contributed by atoms with Crippen molar-refractivity contribution in [3.63, 3.8) is 0 Å². The summed E-state index contributed by atoms with van der Waals surface area (Å²) in [6.07, 6.45) is 0. The highest BCUT2D eigenvalue weighted by Gasteiger charge is 2.21. The summed E-state index contributed by atoms with van der Waals surface area (Å²) in [6, 6.07) is 14.3. The van der Waals surface area contributed by atoms with Gasteiger partial charge in [0.15, 0.2) is 0 Å². The Balaban J connectivity index is 1.93. The molecule has 25 heavy (non-hydrogen) atoms. The second kappa shape index (κ2) is 8.03. The zero-order valence-electron chi connectivity index (χ0n) is 14.5. The minimum absolute atomic E-state index is 0.0684. The first-order valence-electron chi connectivity index (χ1n) is 7.95. The van der Waals surface area contributed by atoms with Gasteiger partial charge in [0.25, 0.3) is 0 Å². The van der Waals surface area contributed by atoms with Crippen LogP contribution in [0.3, 0.4) is 0 Å². The molecule has 0 unspecified atom stereocenters. The molecule has 0 atom stereocenters. The maximum atomic E-state index is 12.0. The highest BCUT2D eigenvalue weighted by Crippen LogP contribution is 2.21. The largest absolute Gasteiger partial charge is 0.376 e. The van der Waals surface area contributed by atoms with Crippen LogP contribution in [-0.2, 0) is 9.59 Å². The number of benzene rings is 2. The number of hydrogen-bond acceptors (Lipinski definition) is 3. The normalized spacial score (nSPS) is 10.9. The first kappa shape index (κ1) is 18.8. The fraction of sp³-hybridized carbons (Fsp3) is 0.263. The number of carbonyl (C=O) groups excluding carboxylic acids is 2. The lowest BCUT2D eigenvalue weighted by molar-refractivity contribution is -0.123. The van der Waals surface area contributed by atoms with Crippen molar-refractivity contribution >= 4 is 40.5 Å². The van der Waals surface area contributed by atoms with Crippen LogP contribution in [0.1, 0.15) is 20.8 Å². The van der Waals surface area contributed by atoms with Crippen LogP contribution in [0, 0.1) is 5.41 Å². The quantitative estimate of drug-likeness (QED) is 0.742. The van der Waals surface area contributed by atoms with Crippen molar-refractivity contribution in [2.45, 2.75) is 20.8 Å². The Hall–Kier alpha value is -2.53. The van der Waals surface area contributed by atoms with E-state index >= 15 is 0 Å². The molecule has 0 bridgehead atoms. The molecule has 3 N–H and O–H groups in total. The minimum atomic E-state index is -0.474. The molecule has 0 saturated carbocycles. The van der Waals surface area contributed by atoms with Gasteiger partial charge in [0.05, 0.1) is 17.3 Å². The maximum Gasteiger partial charge on any atom is 0.243 e. The van der Waals surface area contributed by atoms with E-state index in [1.807, 2.05) is 32.9 Å². The van der Waals surface area contributed by atoms with E-state index in [0.717, 1.165) is 5.69 Å². The van der Waals surface area contributed by atoms with Crippen molar-refractivity contribution in [2.24, 2.45) is 5.41 Å². The van der Waals surface area contributed by atoms with Crippen molar-refractivity contribution in [1.29, 1.82) is 0 Å². The van der Waals surface area contributed by atoms with Gasteiger partial charge < -0.3 is 16.0 Å². The molecule has 0 fully saturated rings. The van der Waals surface area contributed by atoms with E-state index in [9.17, 15) is 9.59 Å². The lowest BCUT2D eigenvalue weighted by Gasteiger charge is -2.18. The Morgan fingerprint density at radius 3 is 2.32 bits per heavy atom. The van der Waals surface area contributed by atoms with Gasteiger partial charge in [0.1, 0.15) is 0 Å². The molecule has 2 amide bonds. The van der Waals surface area contributed by atoms with Crippen molar-refractivity contribution < 1.29 is 9.59 Å². The molecule has 0 radical (unpaired) electrons. The zero-order chi connectivity index (χ0) is 18.4. The minimum Gasteiger partial charge on any atom is -0.376 e. The summed E-state index contributed by atoms with van der Waals surface area (Å²) < 4.78 is 0. The van der Waals surface area contributed by atoms with Crippen LogP contribution < -0.4 is 16.0 Å². The molecule has 0 aromatic heterocycles. The SMILES string of the molecule is CC(C)(C)C(=O)Nc1cccc(NCC(=O)Nc2ccccc2Cl)c1. The molecule has 5 nitrogen and oxygen atoms in total. The van der Waals surface area contributed by atoms with Crippen LogP contribution >= 0.6 is 11.6 Å². The number of rotatable bonds is 5. The van der Waals surface area contributed by atoms with E-state index in [4.69, 9.17) is 11.6 Å². The lowest BCUT2D eigenvalue weighted by Crippen LogP contribution is -2.27. The maximum absolute atomic E-state index is 12.0. The number of anilines is 3. The third kappa shape index (κ3) is 5.80. The zero-order valence-corrected chi connectivity index (χ0v) is 15.3. The first-order chi connectivity index (χ1) is 11.8. The van der Waals surface area contributed by atoms with Gasteiger partial charge in [-0.05, 0) is 30.3 Å². The van der Waals surface area contributed by atoms with Gasteiger partial charge in [-0.3, -0.25) is 9.59 Å². The van der Waals surface area contributed by atoms with Crippen molar-refractivity contribution in [3.05, 3.63) is 53.6 Å². The Bertz CT molecular complexity index is 769. The van der Waals surface area contributed by atoms with Crippen LogP contribution in [-0.4, -0.2) is 18.4 Å². The Morgan fingerprint density at radius 1 is 0.960 bits per heavy atom. The lowest BCUT2D eigenvalue weighted by atomic mass is 9.95. The van der Waals surface area contributed by atoms with Crippen LogP contribution in [0.25, 0.3) is 0 Å². The molecule has 0 spiro atoms. The third-order valence-corrected chi connectivity index (χ3v) is 3.73. The molecule has 0 heterocycles. The molecule has 132 valence electrons. The molecule has 2 aromatic carbocycles. The molecule has 2 aromatic rings. The Morgan fingerprint density at radius 2 is 1.64 bits per heavy atom.